The quantitative estimate of drug-likeness (QED) is 0.813. The molecule has 27 heavy (non-hydrogen) atoms. The summed E-state index contributed by atoms with van der Waals surface area (Å²) in [5.74, 6) is -0.391. The molecule has 4 rings (SSSR count). The number of nitrogens with zero attached hydrogens (tertiary/aromatic N) is 1. The number of anilines is 1. The van der Waals surface area contributed by atoms with Crippen molar-refractivity contribution in [1.82, 2.24) is 4.90 Å². The highest BCUT2D eigenvalue weighted by Crippen LogP contribution is 2.39. The first-order chi connectivity index (χ1) is 13.0. The van der Waals surface area contributed by atoms with Crippen LogP contribution in [0, 0.1) is 5.92 Å². The normalized spacial score (nSPS) is 24.7. The van der Waals surface area contributed by atoms with Gasteiger partial charge < -0.3 is 20.5 Å². The van der Waals surface area contributed by atoms with Crippen molar-refractivity contribution in [3.63, 3.8) is 0 Å². The average molecular weight is 394 g/mol. The molecule has 1 unspecified atom stereocenters. The van der Waals surface area contributed by atoms with E-state index in [1.807, 2.05) is 0 Å². The molecule has 7 nitrogen and oxygen atoms in total. The molecule has 2 aliphatic heterocycles. The Balaban J connectivity index is 1.39. The topological polar surface area (TPSA) is 93.9 Å². The monoisotopic (exact) mass is 393 g/mol. The molecule has 3 heterocycles. The van der Waals surface area contributed by atoms with Gasteiger partial charge in [0, 0.05) is 30.8 Å². The van der Waals surface area contributed by atoms with E-state index in [0.29, 0.717) is 36.2 Å². The van der Waals surface area contributed by atoms with E-state index in [4.69, 9.17) is 15.2 Å². The maximum Gasteiger partial charge on any atom is 0.251 e. The summed E-state index contributed by atoms with van der Waals surface area (Å²) < 4.78 is 11.5. The SMILES string of the molecule is CC1CCc2c(sc(NC(=O)CN3CCC4(CC3)OCCO4)c2C(N)=O)C1. The van der Waals surface area contributed by atoms with Crippen LogP contribution in [0.5, 0.6) is 0 Å². The average Bonchev–Trinajstić information content (AvgIpc) is 3.21. The van der Waals surface area contributed by atoms with Crippen LogP contribution in [0.3, 0.4) is 0 Å². The number of primary amides is 1. The van der Waals surface area contributed by atoms with Crippen molar-refractivity contribution in [1.29, 1.82) is 0 Å². The summed E-state index contributed by atoms with van der Waals surface area (Å²) in [5, 5.41) is 3.56. The lowest BCUT2D eigenvalue weighted by atomic mass is 9.88. The number of ether oxygens (including phenoxy) is 2. The molecule has 0 bridgehead atoms. The number of piperidine rings is 1. The minimum absolute atomic E-state index is 0.103. The Labute approximate surface area is 163 Å². The second kappa shape index (κ2) is 7.50. The third kappa shape index (κ3) is 3.89. The number of amides is 2. The van der Waals surface area contributed by atoms with Crippen LogP contribution in [0.2, 0.25) is 0 Å². The number of rotatable bonds is 4. The summed E-state index contributed by atoms with van der Waals surface area (Å²) in [6, 6.07) is 0. The molecule has 1 aromatic rings. The van der Waals surface area contributed by atoms with Crippen molar-refractivity contribution >= 4 is 28.2 Å². The zero-order valence-electron chi connectivity index (χ0n) is 15.7. The van der Waals surface area contributed by atoms with Gasteiger partial charge in [0.2, 0.25) is 5.91 Å². The highest BCUT2D eigenvalue weighted by molar-refractivity contribution is 7.17. The van der Waals surface area contributed by atoms with Gasteiger partial charge in [-0.05, 0) is 30.7 Å². The molecule has 1 aliphatic carbocycles. The van der Waals surface area contributed by atoms with Crippen LogP contribution in [-0.4, -0.2) is 55.3 Å². The fourth-order valence-electron chi connectivity index (χ4n) is 4.31. The number of nitrogens with two attached hydrogens (primary N) is 1. The molecule has 1 atom stereocenters. The molecular formula is C19H27N3O4S. The summed E-state index contributed by atoms with van der Waals surface area (Å²) in [5.41, 5.74) is 7.18. The van der Waals surface area contributed by atoms with Crippen LogP contribution >= 0.6 is 11.3 Å². The zero-order chi connectivity index (χ0) is 19.0. The van der Waals surface area contributed by atoms with Gasteiger partial charge in [-0.15, -0.1) is 11.3 Å². The molecule has 1 aromatic heterocycles. The third-order valence-electron chi connectivity index (χ3n) is 5.81. The number of hydrogen-bond acceptors (Lipinski definition) is 6. The molecule has 148 valence electrons. The Kier molecular flexibility index (Phi) is 5.24. The van der Waals surface area contributed by atoms with Crippen molar-refractivity contribution < 1.29 is 19.1 Å². The smallest absolute Gasteiger partial charge is 0.251 e. The first-order valence-electron chi connectivity index (χ1n) is 9.70. The van der Waals surface area contributed by atoms with Crippen molar-refractivity contribution in [2.45, 2.75) is 44.8 Å². The molecule has 3 aliphatic rings. The van der Waals surface area contributed by atoms with E-state index in [2.05, 4.69) is 17.1 Å². The Morgan fingerprint density at radius 3 is 2.67 bits per heavy atom. The number of fused-ring (bicyclic) bond motifs is 1. The predicted octanol–water partition coefficient (Wildman–Crippen LogP) is 1.75. The van der Waals surface area contributed by atoms with Gasteiger partial charge in [0.15, 0.2) is 5.79 Å². The molecule has 2 amide bonds. The van der Waals surface area contributed by atoms with Crippen molar-refractivity contribution in [3.8, 4) is 0 Å². The second-order valence-electron chi connectivity index (χ2n) is 7.85. The largest absolute Gasteiger partial charge is 0.365 e. The van der Waals surface area contributed by atoms with Gasteiger partial charge in [0.05, 0.1) is 25.3 Å². The van der Waals surface area contributed by atoms with Gasteiger partial charge in [0.25, 0.3) is 5.91 Å². The first-order valence-corrected chi connectivity index (χ1v) is 10.5. The Morgan fingerprint density at radius 2 is 2.00 bits per heavy atom. The van der Waals surface area contributed by atoms with Crippen LogP contribution < -0.4 is 11.1 Å². The molecule has 1 spiro atoms. The predicted molar refractivity (Wildman–Crippen MR) is 103 cm³/mol. The lowest BCUT2D eigenvalue weighted by molar-refractivity contribution is -0.185. The zero-order valence-corrected chi connectivity index (χ0v) is 16.5. The van der Waals surface area contributed by atoms with Gasteiger partial charge in [0.1, 0.15) is 5.00 Å². The van der Waals surface area contributed by atoms with E-state index in [9.17, 15) is 9.59 Å². The maximum atomic E-state index is 12.6. The first kappa shape index (κ1) is 18.9. The van der Waals surface area contributed by atoms with E-state index < -0.39 is 11.7 Å². The van der Waals surface area contributed by atoms with Crippen LogP contribution in [0.1, 0.15) is 47.0 Å². The van der Waals surface area contributed by atoms with Gasteiger partial charge in [-0.2, -0.15) is 0 Å². The van der Waals surface area contributed by atoms with Gasteiger partial charge in [-0.1, -0.05) is 6.92 Å². The number of nitrogens with one attached hydrogen (secondary N) is 1. The van der Waals surface area contributed by atoms with E-state index in [1.165, 1.54) is 16.2 Å². The number of carbonyl (C=O) groups is 2. The lowest BCUT2D eigenvalue weighted by Crippen LogP contribution is -2.47. The summed E-state index contributed by atoms with van der Waals surface area (Å²) in [6.45, 7) is 5.33. The molecule has 0 radical (unpaired) electrons. The minimum Gasteiger partial charge on any atom is -0.365 e. The van der Waals surface area contributed by atoms with Crippen molar-refractivity contribution in [2.24, 2.45) is 11.7 Å². The maximum absolute atomic E-state index is 12.6. The van der Waals surface area contributed by atoms with Crippen molar-refractivity contribution in [2.75, 3.05) is 38.2 Å². The third-order valence-corrected chi connectivity index (χ3v) is 6.98. The van der Waals surface area contributed by atoms with E-state index in [1.54, 1.807) is 0 Å². The Morgan fingerprint density at radius 1 is 1.30 bits per heavy atom. The molecule has 8 heteroatoms. The van der Waals surface area contributed by atoms with Crippen LogP contribution in [0.15, 0.2) is 0 Å². The second-order valence-corrected chi connectivity index (χ2v) is 8.96. The highest BCUT2D eigenvalue weighted by atomic mass is 32.1. The van der Waals surface area contributed by atoms with Gasteiger partial charge in [-0.3, -0.25) is 14.5 Å². The van der Waals surface area contributed by atoms with Gasteiger partial charge >= 0.3 is 0 Å². The molecular weight excluding hydrogens is 366 g/mol. The standard InChI is InChI=1S/C19H27N3O4S/c1-12-2-3-13-14(10-12)27-18(16(13)17(20)24)21-15(23)11-22-6-4-19(5-7-22)25-8-9-26-19/h12H,2-11H2,1H3,(H2,20,24)(H,21,23). The number of likely N-dealkylation sites (tertiary alicyclic amines) is 1. The van der Waals surface area contributed by atoms with Crippen LogP contribution in [-0.2, 0) is 27.1 Å². The fraction of sp³-hybridized carbons (Fsp3) is 0.684. The number of carbonyl (C=O) groups excluding carboxylic acids is 2. The Hall–Kier alpha value is -1.48. The molecule has 3 N–H and O–H groups in total. The summed E-state index contributed by atoms with van der Waals surface area (Å²) in [7, 11) is 0. The summed E-state index contributed by atoms with van der Waals surface area (Å²) >= 11 is 1.51. The van der Waals surface area contributed by atoms with Gasteiger partial charge in [-0.25, -0.2) is 0 Å². The summed E-state index contributed by atoms with van der Waals surface area (Å²) in [6.07, 6.45) is 4.41. The van der Waals surface area contributed by atoms with E-state index in [-0.39, 0.29) is 5.91 Å². The molecule has 2 fully saturated rings. The molecule has 0 saturated carbocycles. The summed E-state index contributed by atoms with van der Waals surface area (Å²) in [4.78, 5) is 27.9. The number of hydrogen-bond donors (Lipinski definition) is 2. The van der Waals surface area contributed by atoms with Crippen LogP contribution in [0.4, 0.5) is 5.00 Å². The highest BCUT2D eigenvalue weighted by Gasteiger charge is 2.40. The molecule has 2 saturated heterocycles. The van der Waals surface area contributed by atoms with Crippen molar-refractivity contribution in [3.05, 3.63) is 16.0 Å². The van der Waals surface area contributed by atoms with E-state index in [0.717, 1.165) is 50.8 Å². The Bertz CT molecular complexity index is 732. The van der Waals surface area contributed by atoms with Crippen LogP contribution in [0.25, 0.3) is 0 Å². The minimum atomic E-state index is -0.451. The number of thiophene rings is 1. The van der Waals surface area contributed by atoms with E-state index >= 15 is 0 Å². The molecule has 0 aromatic carbocycles. The lowest BCUT2D eigenvalue weighted by Gasteiger charge is -2.37. The fourth-order valence-corrected chi connectivity index (χ4v) is 5.74.